The van der Waals surface area contributed by atoms with Crippen LogP contribution in [-0.2, 0) is 0 Å². The van der Waals surface area contributed by atoms with E-state index in [2.05, 4.69) is 43.4 Å². The van der Waals surface area contributed by atoms with Gasteiger partial charge in [-0.15, -0.1) is 11.8 Å². The van der Waals surface area contributed by atoms with Crippen LogP contribution < -0.4 is 5.32 Å². The minimum atomic E-state index is -0.0831. The summed E-state index contributed by atoms with van der Waals surface area (Å²) in [4.78, 5) is 14.5. The van der Waals surface area contributed by atoms with Gasteiger partial charge in [-0.2, -0.15) is 0 Å². The Labute approximate surface area is 152 Å². The fraction of sp³-hybridized carbons (Fsp3) is 0.316. The number of hydrogen-bond acceptors (Lipinski definition) is 2. The van der Waals surface area contributed by atoms with Gasteiger partial charge in [-0.05, 0) is 35.2 Å². The molecule has 0 aromatic heterocycles. The summed E-state index contributed by atoms with van der Waals surface area (Å²) in [6, 6.07) is 15.7. The summed E-state index contributed by atoms with van der Waals surface area (Å²) in [5, 5.41) is 3.62. The summed E-state index contributed by atoms with van der Waals surface area (Å²) in [6.07, 6.45) is 0. The summed E-state index contributed by atoms with van der Waals surface area (Å²) in [6.45, 7) is 5.11. The number of carbonyl (C=O) groups is 1. The van der Waals surface area contributed by atoms with Crippen LogP contribution in [0.4, 0.5) is 10.5 Å². The average Bonchev–Trinajstić information content (AvgIpc) is 3.04. The lowest BCUT2D eigenvalue weighted by molar-refractivity contribution is 0.214. The molecule has 0 aliphatic carbocycles. The van der Waals surface area contributed by atoms with Crippen molar-refractivity contribution in [2.24, 2.45) is 0 Å². The van der Waals surface area contributed by atoms with Crippen LogP contribution in [0.2, 0.25) is 5.02 Å². The van der Waals surface area contributed by atoms with Crippen molar-refractivity contribution >= 4 is 35.1 Å². The van der Waals surface area contributed by atoms with E-state index in [0.29, 0.717) is 10.9 Å². The standard InChI is InChI=1S/C19H21ClN2OS/c1-13(2)14-6-8-15(9-7-14)18-22(10-11-24-18)19(23)21-17-5-3-4-16(20)12-17/h3-9,12-13,18H,10-11H2,1-2H3,(H,21,23)/t18-/m1/s1. The van der Waals surface area contributed by atoms with Crippen molar-refractivity contribution in [3.63, 3.8) is 0 Å². The SMILES string of the molecule is CC(C)c1ccc([C@H]2SCCN2C(=O)Nc2cccc(Cl)c2)cc1. The third-order valence-electron chi connectivity index (χ3n) is 4.12. The van der Waals surface area contributed by atoms with Crippen molar-refractivity contribution in [3.05, 3.63) is 64.7 Å². The van der Waals surface area contributed by atoms with Crippen LogP contribution in [-0.4, -0.2) is 23.2 Å². The normalized spacial score (nSPS) is 17.3. The topological polar surface area (TPSA) is 32.3 Å². The molecule has 0 bridgehead atoms. The van der Waals surface area contributed by atoms with Crippen LogP contribution in [0.3, 0.4) is 0 Å². The quantitative estimate of drug-likeness (QED) is 0.756. The molecule has 1 aliphatic heterocycles. The van der Waals surface area contributed by atoms with E-state index in [4.69, 9.17) is 11.6 Å². The van der Waals surface area contributed by atoms with Crippen molar-refractivity contribution in [1.29, 1.82) is 0 Å². The molecule has 24 heavy (non-hydrogen) atoms. The summed E-state index contributed by atoms with van der Waals surface area (Å²) in [7, 11) is 0. The zero-order valence-electron chi connectivity index (χ0n) is 13.8. The van der Waals surface area contributed by atoms with E-state index in [0.717, 1.165) is 18.0 Å². The number of anilines is 1. The van der Waals surface area contributed by atoms with Gasteiger partial charge in [-0.25, -0.2) is 4.79 Å². The number of rotatable bonds is 3. The predicted molar refractivity (Wildman–Crippen MR) is 103 cm³/mol. The molecule has 1 fully saturated rings. The Morgan fingerprint density at radius 1 is 1.25 bits per heavy atom. The minimum Gasteiger partial charge on any atom is -0.308 e. The highest BCUT2D eigenvalue weighted by molar-refractivity contribution is 7.99. The number of amides is 2. The molecule has 2 amide bonds. The molecule has 2 aromatic rings. The zero-order chi connectivity index (χ0) is 17.1. The van der Waals surface area contributed by atoms with Crippen molar-refractivity contribution in [3.8, 4) is 0 Å². The second-order valence-corrected chi connectivity index (χ2v) is 7.80. The van der Waals surface area contributed by atoms with E-state index in [-0.39, 0.29) is 11.4 Å². The maximum atomic E-state index is 12.6. The Morgan fingerprint density at radius 2 is 2.00 bits per heavy atom. The van der Waals surface area contributed by atoms with E-state index in [1.54, 1.807) is 23.9 Å². The number of carbonyl (C=O) groups excluding carboxylic acids is 1. The van der Waals surface area contributed by atoms with Gasteiger partial charge in [0, 0.05) is 23.0 Å². The second kappa shape index (κ2) is 7.49. The van der Waals surface area contributed by atoms with Crippen LogP contribution in [0.25, 0.3) is 0 Å². The first-order chi connectivity index (χ1) is 11.5. The lowest BCUT2D eigenvalue weighted by Crippen LogP contribution is -2.34. The predicted octanol–water partition coefficient (Wildman–Crippen LogP) is 5.74. The van der Waals surface area contributed by atoms with E-state index in [1.807, 2.05) is 17.0 Å². The van der Waals surface area contributed by atoms with Crippen LogP contribution in [0.5, 0.6) is 0 Å². The number of nitrogens with zero attached hydrogens (tertiary/aromatic N) is 1. The Kier molecular flexibility index (Phi) is 5.36. The Morgan fingerprint density at radius 3 is 2.67 bits per heavy atom. The molecule has 126 valence electrons. The van der Waals surface area contributed by atoms with E-state index < -0.39 is 0 Å². The molecule has 1 N–H and O–H groups in total. The lowest BCUT2D eigenvalue weighted by atomic mass is 10.0. The van der Waals surface area contributed by atoms with Gasteiger partial charge < -0.3 is 10.2 Å². The highest BCUT2D eigenvalue weighted by atomic mass is 35.5. The smallest absolute Gasteiger partial charge is 0.308 e. The van der Waals surface area contributed by atoms with Gasteiger partial charge in [-0.3, -0.25) is 0 Å². The fourth-order valence-corrected chi connectivity index (χ4v) is 4.21. The third-order valence-corrected chi connectivity index (χ3v) is 5.61. The Balaban J connectivity index is 1.73. The molecule has 3 nitrogen and oxygen atoms in total. The zero-order valence-corrected chi connectivity index (χ0v) is 15.4. The molecule has 3 rings (SSSR count). The summed E-state index contributed by atoms with van der Waals surface area (Å²) in [5.74, 6) is 1.46. The first-order valence-corrected chi connectivity index (χ1v) is 9.52. The molecule has 5 heteroatoms. The molecule has 1 atom stereocenters. The molecular weight excluding hydrogens is 340 g/mol. The van der Waals surface area contributed by atoms with Crippen LogP contribution in [0, 0.1) is 0 Å². The number of hydrogen-bond donors (Lipinski definition) is 1. The Hall–Kier alpha value is -1.65. The molecule has 2 aromatic carbocycles. The molecule has 0 spiro atoms. The monoisotopic (exact) mass is 360 g/mol. The van der Waals surface area contributed by atoms with Crippen molar-refractivity contribution < 1.29 is 4.79 Å². The number of urea groups is 1. The van der Waals surface area contributed by atoms with Crippen molar-refractivity contribution in [1.82, 2.24) is 4.90 Å². The molecule has 0 radical (unpaired) electrons. The van der Waals surface area contributed by atoms with Crippen LogP contribution in [0.15, 0.2) is 48.5 Å². The van der Waals surface area contributed by atoms with E-state index >= 15 is 0 Å². The highest BCUT2D eigenvalue weighted by Gasteiger charge is 2.30. The first-order valence-electron chi connectivity index (χ1n) is 8.09. The number of benzene rings is 2. The summed E-state index contributed by atoms with van der Waals surface area (Å²) >= 11 is 7.78. The molecule has 0 unspecified atom stereocenters. The van der Waals surface area contributed by atoms with Gasteiger partial charge in [0.15, 0.2) is 0 Å². The fourth-order valence-electron chi connectivity index (χ4n) is 2.76. The van der Waals surface area contributed by atoms with Gasteiger partial charge in [0.25, 0.3) is 0 Å². The first kappa shape index (κ1) is 17.2. The van der Waals surface area contributed by atoms with Crippen LogP contribution in [0.1, 0.15) is 36.3 Å². The number of thioether (sulfide) groups is 1. The van der Waals surface area contributed by atoms with Crippen LogP contribution >= 0.6 is 23.4 Å². The van der Waals surface area contributed by atoms with Gasteiger partial charge >= 0.3 is 6.03 Å². The van der Waals surface area contributed by atoms with Crippen molar-refractivity contribution in [2.75, 3.05) is 17.6 Å². The maximum Gasteiger partial charge on any atom is 0.323 e. The minimum absolute atomic E-state index is 0.0606. The molecule has 0 saturated carbocycles. The van der Waals surface area contributed by atoms with Gasteiger partial charge in [0.2, 0.25) is 0 Å². The number of nitrogens with one attached hydrogen (secondary N) is 1. The Bertz CT molecular complexity index is 718. The molecular formula is C19H21ClN2OS. The van der Waals surface area contributed by atoms with Crippen molar-refractivity contribution in [2.45, 2.75) is 25.1 Å². The van der Waals surface area contributed by atoms with Gasteiger partial charge in [-0.1, -0.05) is 55.8 Å². The molecule has 1 saturated heterocycles. The van der Waals surface area contributed by atoms with Gasteiger partial charge in [0.05, 0.1) is 0 Å². The lowest BCUT2D eigenvalue weighted by Gasteiger charge is -2.24. The average molecular weight is 361 g/mol. The molecule has 1 heterocycles. The third kappa shape index (κ3) is 3.87. The number of halogens is 1. The highest BCUT2D eigenvalue weighted by Crippen LogP contribution is 2.38. The summed E-state index contributed by atoms with van der Waals surface area (Å²) in [5.41, 5.74) is 3.21. The van der Waals surface area contributed by atoms with E-state index in [9.17, 15) is 4.79 Å². The largest absolute Gasteiger partial charge is 0.323 e. The maximum absolute atomic E-state index is 12.6. The summed E-state index contributed by atoms with van der Waals surface area (Å²) < 4.78 is 0. The second-order valence-electron chi connectivity index (χ2n) is 6.18. The van der Waals surface area contributed by atoms with Gasteiger partial charge in [0.1, 0.15) is 5.37 Å². The van der Waals surface area contributed by atoms with E-state index in [1.165, 1.54) is 11.1 Å². The molecule has 1 aliphatic rings.